The summed E-state index contributed by atoms with van der Waals surface area (Å²) >= 11 is 0. The van der Waals surface area contributed by atoms with E-state index in [-0.39, 0.29) is 0 Å². The number of ether oxygens (including phenoxy) is 1. The number of rotatable bonds is 9. The van der Waals surface area contributed by atoms with Gasteiger partial charge in [0.1, 0.15) is 5.75 Å². The van der Waals surface area contributed by atoms with Crippen LogP contribution in [0.1, 0.15) is 18.9 Å². The average Bonchev–Trinajstić information content (AvgIpc) is 2.56. The van der Waals surface area contributed by atoms with Crippen LogP contribution in [-0.4, -0.2) is 69.3 Å². The van der Waals surface area contributed by atoms with E-state index in [9.17, 15) is 13.2 Å². The molecule has 0 amide bonds. The maximum absolute atomic E-state index is 12.3. The van der Waals surface area contributed by atoms with E-state index in [0.717, 1.165) is 23.8 Å². The van der Waals surface area contributed by atoms with Crippen molar-refractivity contribution in [3.63, 3.8) is 0 Å². The maximum Gasteiger partial charge on any atom is 0.401 e. The normalized spacial score (nSPS) is 12.4. The van der Waals surface area contributed by atoms with Gasteiger partial charge in [0.2, 0.25) is 0 Å². The fraction of sp³-hybridized carbons (Fsp3) is 0.611. The predicted octanol–water partition coefficient (Wildman–Crippen LogP) is 2.98. The number of methoxy groups -OCH3 is 1. The number of guanidine groups is 1. The monoisotopic (exact) mass is 374 g/mol. The zero-order valence-electron chi connectivity index (χ0n) is 15.9. The van der Waals surface area contributed by atoms with Crippen LogP contribution in [0.3, 0.4) is 0 Å². The number of benzene rings is 1. The molecule has 0 aliphatic carbocycles. The Balaban J connectivity index is 2.52. The zero-order valence-corrected chi connectivity index (χ0v) is 15.9. The number of aliphatic imine (C=N–C) groups is 1. The minimum Gasteiger partial charge on any atom is -0.497 e. The van der Waals surface area contributed by atoms with Crippen LogP contribution in [0.2, 0.25) is 0 Å². The Morgan fingerprint density at radius 2 is 1.85 bits per heavy atom. The van der Waals surface area contributed by atoms with Gasteiger partial charge in [0.15, 0.2) is 5.96 Å². The highest BCUT2D eigenvalue weighted by Gasteiger charge is 2.28. The molecule has 0 bridgehead atoms. The molecule has 0 aliphatic rings. The molecule has 1 N–H and O–H groups in total. The van der Waals surface area contributed by atoms with Crippen molar-refractivity contribution in [2.75, 3.05) is 47.4 Å². The quantitative estimate of drug-likeness (QED) is 0.410. The summed E-state index contributed by atoms with van der Waals surface area (Å²) in [6, 6.07) is 7.80. The highest BCUT2D eigenvalue weighted by Crippen LogP contribution is 2.15. The summed E-state index contributed by atoms with van der Waals surface area (Å²) in [5.74, 6) is 1.54. The van der Waals surface area contributed by atoms with Gasteiger partial charge in [-0.05, 0) is 44.6 Å². The first-order chi connectivity index (χ1) is 12.2. The molecule has 0 aliphatic heterocycles. The summed E-state index contributed by atoms with van der Waals surface area (Å²) in [5.41, 5.74) is 1.11. The lowest BCUT2D eigenvalue weighted by atomic mass is 10.2. The van der Waals surface area contributed by atoms with E-state index in [1.54, 1.807) is 7.11 Å². The molecule has 0 unspecified atom stereocenters. The molecule has 5 nitrogen and oxygen atoms in total. The van der Waals surface area contributed by atoms with E-state index in [0.29, 0.717) is 26.1 Å². The fourth-order valence-electron chi connectivity index (χ4n) is 2.46. The van der Waals surface area contributed by atoms with Crippen molar-refractivity contribution in [3.8, 4) is 5.75 Å². The highest BCUT2D eigenvalue weighted by molar-refractivity contribution is 5.79. The number of hydrogen-bond acceptors (Lipinski definition) is 3. The number of nitrogens with zero attached hydrogens (tertiary/aromatic N) is 3. The van der Waals surface area contributed by atoms with Crippen LogP contribution in [-0.2, 0) is 6.54 Å². The molecule has 1 rings (SSSR count). The largest absolute Gasteiger partial charge is 0.497 e. The Labute approximate surface area is 153 Å². The Bertz CT molecular complexity index is 546. The first-order valence-corrected chi connectivity index (χ1v) is 8.63. The van der Waals surface area contributed by atoms with E-state index in [1.807, 2.05) is 43.1 Å². The highest BCUT2D eigenvalue weighted by atomic mass is 19.4. The molecule has 1 aromatic carbocycles. The molecule has 0 saturated carbocycles. The molecular formula is C18H29F3N4O. The summed E-state index contributed by atoms with van der Waals surface area (Å²) in [4.78, 5) is 7.77. The third-order valence-electron chi connectivity index (χ3n) is 3.68. The third-order valence-corrected chi connectivity index (χ3v) is 3.68. The Morgan fingerprint density at radius 3 is 2.38 bits per heavy atom. The van der Waals surface area contributed by atoms with Gasteiger partial charge in [0, 0.05) is 26.7 Å². The van der Waals surface area contributed by atoms with Crippen LogP contribution < -0.4 is 10.1 Å². The maximum atomic E-state index is 12.3. The summed E-state index contributed by atoms with van der Waals surface area (Å²) in [5, 5.41) is 3.21. The molecule has 0 spiro atoms. The zero-order chi connectivity index (χ0) is 19.6. The van der Waals surface area contributed by atoms with E-state index >= 15 is 0 Å². The lowest BCUT2D eigenvalue weighted by Crippen LogP contribution is -2.38. The van der Waals surface area contributed by atoms with Gasteiger partial charge < -0.3 is 15.0 Å². The van der Waals surface area contributed by atoms with Crippen molar-refractivity contribution in [2.24, 2.45) is 4.99 Å². The van der Waals surface area contributed by atoms with Crippen molar-refractivity contribution in [3.05, 3.63) is 29.8 Å². The molecular weight excluding hydrogens is 345 g/mol. The van der Waals surface area contributed by atoms with E-state index in [4.69, 9.17) is 4.74 Å². The fourth-order valence-corrected chi connectivity index (χ4v) is 2.46. The molecule has 0 fully saturated rings. The molecule has 148 valence electrons. The minimum absolute atomic E-state index is 0.352. The van der Waals surface area contributed by atoms with Crippen LogP contribution in [0, 0.1) is 0 Å². The van der Waals surface area contributed by atoms with Gasteiger partial charge in [0.25, 0.3) is 0 Å². The van der Waals surface area contributed by atoms with Gasteiger partial charge in [-0.25, -0.2) is 0 Å². The summed E-state index contributed by atoms with van der Waals surface area (Å²) in [7, 11) is 5.03. The second kappa shape index (κ2) is 10.9. The average molecular weight is 374 g/mol. The SMILES string of the molecule is CCNC(=NCCCN(C)CC(F)(F)F)N(C)Cc1ccc(OC)cc1. The molecule has 26 heavy (non-hydrogen) atoms. The van der Waals surface area contributed by atoms with Gasteiger partial charge in [-0.15, -0.1) is 0 Å². The lowest BCUT2D eigenvalue weighted by Gasteiger charge is -2.22. The number of hydrogen-bond donors (Lipinski definition) is 1. The van der Waals surface area contributed by atoms with Crippen molar-refractivity contribution in [1.82, 2.24) is 15.1 Å². The third kappa shape index (κ3) is 8.94. The molecule has 1 aromatic rings. The molecule has 0 atom stereocenters. The van der Waals surface area contributed by atoms with Crippen LogP contribution in [0.25, 0.3) is 0 Å². The van der Waals surface area contributed by atoms with Crippen molar-refractivity contribution in [1.29, 1.82) is 0 Å². The lowest BCUT2D eigenvalue weighted by molar-refractivity contribution is -0.143. The molecule has 0 aromatic heterocycles. The topological polar surface area (TPSA) is 40.1 Å². The van der Waals surface area contributed by atoms with Gasteiger partial charge in [-0.1, -0.05) is 12.1 Å². The molecule has 0 radical (unpaired) electrons. The van der Waals surface area contributed by atoms with Crippen molar-refractivity contribution in [2.45, 2.75) is 26.1 Å². The minimum atomic E-state index is -4.16. The van der Waals surface area contributed by atoms with Gasteiger partial charge in [-0.2, -0.15) is 13.2 Å². The Kier molecular flexibility index (Phi) is 9.26. The van der Waals surface area contributed by atoms with Crippen molar-refractivity contribution >= 4 is 5.96 Å². The standard InChI is InChI=1S/C18H29F3N4O/c1-5-22-17(23-11-6-12-24(2)14-18(19,20)21)25(3)13-15-7-9-16(26-4)10-8-15/h7-10H,5-6,11-14H2,1-4H3,(H,22,23). The first kappa shape index (κ1) is 22.1. The molecule has 0 saturated heterocycles. The Hall–Kier alpha value is -1.96. The van der Waals surface area contributed by atoms with E-state index in [2.05, 4.69) is 10.3 Å². The summed E-state index contributed by atoms with van der Waals surface area (Å²) in [6.45, 7) is 3.30. The van der Waals surface area contributed by atoms with Gasteiger partial charge >= 0.3 is 6.18 Å². The second-order valence-corrected chi connectivity index (χ2v) is 6.15. The van der Waals surface area contributed by atoms with Crippen LogP contribution >= 0.6 is 0 Å². The van der Waals surface area contributed by atoms with Gasteiger partial charge in [0.05, 0.1) is 13.7 Å². The smallest absolute Gasteiger partial charge is 0.401 e. The summed E-state index contributed by atoms with van der Waals surface area (Å²) < 4.78 is 42.1. The number of nitrogens with one attached hydrogen (secondary N) is 1. The predicted molar refractivity (Wildman–Crippen MR) is 98.6 cm³/mol. The van der Waals surface area contributed by atoms with Crippen LogP contribution in [0.5, 0.6) is 5.75 Å². The van der Waals surface area contributed by atoms with Crippen LogP contribution in [0.15, 0.2) is 29.3 Å². The van der Waals surface area contributed by atoms with Crippen molar-refractivity contribution < 1.29 is 17.9 Å². The van der Waals surface area contributed by atoms with E-state index < -0.39 is 12.7 Å². The first-order valence-electron chi connectivity index (χ1n) is 8.63. The van der Waals surface area contributed by atoms with Crippen LogP contribution in [0.4, 0.5) is 13.2 Å². The number of halogens is 3. The van der Waals surface area contributed by atoms with Gasteiger partial charge in [-0.3, -0.25) is 9.89 Å². The molecule has 8 heteroatoms. The Morgan fingerprint density at radius 1 is 1.19 bits per heavy atom. The molecule has 0 heterocycles. The number of alkyl halides is 3. The summed E-state index contributed by atoms with van der Waals surface area (Å²) in [6.07, 6.45) is -3.59. The van der Waals surface area contributed by atoms with E-state index in [1.165, 1.54) is 11.9 Å². The second-order valence-electron chi connectivity index (χ2n) is 6.15.